The Labute approximate surface area is 343 Å². The lowest BCUT2D eigenvalue weighted by Gasteiger charge is -2.41. The summed E-state index contributed by atoms with van der Waals surface area (Å²) in [7, 11) is 6.75. The number of aliphatic carboxylic acids is 1. The first kappa shape index (κ1) is 51.6. The number of carbonyl (C=O) groups excluding carboxylic acids is 4. The van der Waals surface area contributed by atoms with Crippen molar-refractivity contribution in [3.63, 3.8) is 0 Å². The number of ether oxygens (including phenoxy) is 2. The highest BCUT2D eigenvalue weighted by Gasteiger charge is 2.43. The van der Waals surface area contributed by atoms with Crippen LogP contribution in [-0.2, 0) is 39.9 Å². The molecule has 4 N–H and O–H groups in total. The monoisotopic (exact) mass is 804 g/mol. The molecule has 1 aromatic rings. The number of nitrogens with two attached hydrogens (primary N) is 1. The molecule has 1 heterocycles. The number of amides is 3. The maximum absolute atomic E-state index is 14.4. The molecule has 9 atom stereocenters. The lowest BCUT2D eigenvalue weighted by molar-refractivity contribution is -0.149. The molecule has 326 valence electrons. The first-order valence-electron chi connectivity index (χ1n) is 20.6. The van der Waals surface area contributed by atoms with Gasteiger partial charge in [0, 0.05) is 46.6 Å². The van der Waals surface area contributed by atoms with Crippen molar-refractivity contribution in [2.75, 3.05) is 47.9 Å². The van der Waals surface area contributed by atoms with Gasteiger partial charge in [0.15, 0.2) is 5.78 Å². The van der Waals surface area contributed by atoms with E-state index in [4.69, 9.17) is 15.2 Å². The number of methoxy groups -OCH3 is 2. The van der Waals surface area contributed by atoms with Crippen LogP contribution in [0.15, 0.2) is 30.3 Å². The summed E-state index contributed by atoms with van der Waals surface area (Å²) >= 11 is 0. The molecule has 0 aromatic heterocycles. The smallest absolute Gasteiger partial charge is 0.326 e. The molecule has 1 saturated heterocycles. The van der Waals surface area contributed by atoms with Crippen LogP contribution in [0.25, 0.3) is 0 Å². The number of benzene rings is 1. The van der Waals surface area contributed by atoms with E-state index in [0.717, 1.165) is 18.4 Å². The predicted molar refractivity (Wildman–Crippen MR) is 225 cm³/mol. The minimum atomic E-state index is -1.14. The number of carbonyl (C=O) groups is 5. The van der Waals surface area contributed by atoms with Crippen molar-refractivity contribution in [3.05, 3.63) is 35.9 Å². The Morgan fingerprint density at radius 2 is 1.60 bits per heavy atom. The van der Waals surface area contributed by atoms with Crippen molar-refractivity contribution < 1.29 is 38.6 Å². The van der Waals surface area contributed by atoms with Gasteiger partial charge >= 0.3 is 5.97 Å². The van der Waals surface area contributed by atoms with E-state index in [1.165, 1.54) is 7.11 Å². The Hall–Kier alpha value is -3.39. The summed E-state index contributed by atoms with van der Waals surface area (Å²) in [4.78, 5) is 73.6. The minimum Gasteiger partial charge on any atom is -0.480 e. The van der Waals surface area contributed by atoms with E-state index < -0.39 is 54.0 Å². The fourth-order valence-electron chi connectivity index (χ4n) is 8.47. The molecular formula is C44H77N5O8. The molecule has 13 nitrogen and oxygen atoms in total. The molecule has 57 heavy (non-hydrogen) atoms. The molecule has 0 radical (unpaired) electrons. The van der Waals surface area contributed by atoms with Crippen LogP contribution >= 0.6 is 0 Å². The lowest BCUT2D eigenvalue weighted by Crippen LogP contribution is -2.55. The van der Waals surface area contributed by atoms with Crippen LogP contribution in [0.1, 0.15) is 100.0 Å². The number of hydrogen-bond donors (Lipinski definition) is 3. The molecule has 3 amide bonds. The van der Waals surface area contributed by atoms with Crippen molar-refractivity contribution in [2.24, 2.45) is 35.3 Å². The third kappa shape index (κ3) is 14.4. The highest BCUT2D eigenvalue weighted by Crippen LogP contribution is 2.31. The number of Topliss-reactive ketones (excluding diaryl/α,β-unsaturated/α-hetero) is 1. The van der Waals surface area contributed by atoms with Crippen molar-refractivity contribution in [3.8, 4) is 0 Å². The van der Waals surface area contributed by atoms with Gasteiger partial charge in [-0.25, -0.2) is 4.79 Å². The normalized spacial score (nSPS) is 18.6. The number of likely N-dealkylation sites (N-methyl/N-ethyl adjacent to an activating group) is 2. The molecule has 1 fully saturated rings. The number of ketones is 1. The zero-order valence-electron chi connectivity index (χ0n) is 36.0. The number of rotatable bonds is 25. The molecule has 0 unspecified atom stereocenters. The molecule has 1 aromatic carbocycles. The molecule has 0 bridgehead atoms. The second-order valence-electron chi connectivity index (χ2n) is 16.5. The van der Waals surface area contributed by atoms with E-state index in [9.17, 15) is 29.1 Å². The van der Waals surface area contributed by atoms with Gasteiger partial charge in [0.05, 0.1) is 42.7 Å². The van der Waals surface area contributed by atoms with Crippen molar-refractivity contribution in [2.45, 2.75) is 137 Å². The van der Waals surface area contributed by atoms with Gasteiger partial charge in [-0.05, 0) is 62.7 Å². The number of nitrogens with one attached hydrogen (secondary N) is 1. The highest BCUT2D eigenvalue weighted by molar-refractivity contribution is 5.90. The first-order valence-corrected chi connectivity index (χ1v) is 20.6. The molecule has 2 rings (SSSR count). The maximum Gasteiger partial charge on any atom is 0.326 e. The molecule has 0 spiro atoms. The topological polar surface area (TPSA) is 172 Å². The van der Waals surface area contributed by atoms with Crippen molar-refractivity contribution in [1.29, 1.82) is 0 Å². The van der Waals surface area contributed by atoms with E-state index in [0.29, 0.717) is 32.5 Å². The SMILES string of the molecule is C.CC[C@H](C)[C@@H]([C@@H](CC(=O)N1CCC[C@H]1[C@H](OC)[C@@H](C)C(=O)N[C@@H](Cc1ccccc1)C(=O)O)OC)N(C)C(=O)[C@@H](CC(=O)[C@H](C(C)C)N(C)CCCN)C(C)C. The van der Waals surface area contributed by atoms with Crippen LogP contribution in [0.2, 0.25) is 0 Å². The Morgan fingerprint density at radius 3 is 2.11 bits per heavy atom. The zero-order valence-corrected chi connectivity index (χ0v) is 36.0. The summed E-state index contributed by atoms with van der Waals surface area (Å²) in [5, 5.41) is 12.6. The fourth-order valence-corrected chi connectivity index (χ4v) is 8.47. The standard InChI is InChI=1S/C43H73N5O8.CH4/c1-12-29(6)39(47(9)42(52)32(27(2)3)25-35(49)38(28(4)5)46(8)22-17-21-44)36(55-10)26-37(50)48-23-16-20-34(48)40(56-11)30(7)41(51)45-33(43(53)54)24-31-18-14-13-15-19-31;/h13-15,18-19,27-30,32-34,36,38-40H,12,16-17,20-26,44H2,1-11H3,(H,45,51)(H,53,54);1H4/t29-,30+,32-,33-,34-,36+,38-,39-,40+;/m0./s1. The van der Waals surface area contributed by atoms with E-state index in [1.807, 2.05) is 83.8 Å². The van der Waals surface area contributed by atoms with Crippen molar-refractivity contribution >= 4 is 29.5 Å². The fraction of sp³-hybridized carbons (Fsp3) is 0.750. The zero-order chi connectivity index (χ0) is 42.3. The molecule has 1 aliphatic heterocycles. The summed E-state index contributed by atoms with van der Waals surface area (Å²) < 4.78 is 11.9. The van der Waals surface area contributed by atoms with Gasteiger partial charge < -0.3 is 35.4 Å². The second kappa shape index (κ2) is 25.2. The summed E-state index contributed by atoms with van der Waals surface area (Å²) in [6.07, 6.45) is 1.75. The molecule has 0 aliphatic carbocycles. The third-order valence-corrected chi connectivity index (χ3v) is 11.9. The Morgan fingerprint density at radius 1 is 0.965 bits per heavy atom. The van der Waals surface area contributed by atoms with E-state index >= 15 is 0 Å². The van der Waals surface area contributed by atoms with Gasteiger partial charge in [-0.15, -0.1) is 0 Å². The number of hydrogen-bond acceptors (Lipinski definition) is 9. The van der Waals surface area contributed by atoms with Gasteiger partial charge in [-0.3, -0.25) is 24.1 Å². The molecular weight excluding hydrogens is 727 g/mol. The number of likely N-dealkylation sites (tertiary alicyclic amines) is 1. The quantitative estimate of drug-likeness (QED) is 0.124. The van der Waals surface area contributed by atoms with E-state index in [2.05, 4.69) is 5.32 Å². The Balaban J connectivity index is 0.0000162. The van der Waals surface area contributed by atoms with Crippen LogP contribution in [0.3, 0.4) is 0 Å². The highest BCUT2D eigenvalue weighted by atomic mass is 16.5. The number of carboxylic acids is 1. The van der Waals surface area contributed by atoms with Crippen LogP contribution in [-0.4, -0.2) is 134 Å². The molecule has 1 aliphatic rings. The summed E-state index contributed by atoms with van der Waals surface area (Å²) in [5.74, 6) is -3.27. The van der Waals surface area contributed by atoms with Crippen LogP contribution in [0, 0.1) is 29.6 Å². The van der Waals surface area contributed by atoms with Crippen molar-refractivity contribution in [1.82, 2.24) is 20.0 Å². The average molecular weight is 804 g/mol. The van der Waals surface area contributed by atoms with Crippen LogP contribution < -0.4 is 11.1 Å². The van der Waals surface area contributed by atoms with Crippen LogP contribution in [0.4, 0.5) is 0 Å². The summed E-state index contributed by atoms with van der Waals surface area (Å²) in [6, 6.07) is 6.78. The molecule has 13 heteroatoms. The lowest BCUT2D eigenvalue weighted by atomic mass is 9.83. The maximum atomic E-state index is 14.4. The van der Waals surface area contributed by atoms with Gasteiger partial charge in [0.25, 0.3) is 0 Å². The number of nitrogens with zero attached hydrogens (tertiary/aromatic N) is 3. The summed E-state index contributed by atoms with van der Waals surface area (Å²) in [5.41, 5.74) is 6.53. The van der Waals surface area contributed by atoms with E-state index in [1.54, 1.807) is 30.9 Å². The van der Waals surface area contributed by atoms with Gasteiger partial charge in [0.2, 0.25) is 17.7 Å². The third-order valence-electron chi connectivity index (χ3n) is 11.9. The largest absolute Gasteiger partial charge is 0.480 e. The van der Waals surface area contributed by atoms with Gasteiger partial charge in [-0.2, -0.15) is 0 Å². The predicted octanol–water partition coefficient (Wildman–Crippen LogP) is 4.89. The number of carboxylic acid groups (broad SMARTS) is 1. The Kier molecular flexibility index (Phi) is 22.8. The van der Waals surface area contributed by atoms with Gasteiger partial charge in [0.1, 0.15) is 6.04 Å². The van der Waals surface area contributed by atoms with E-state index in [-0.39, 0.29) is 68.1 Å². The second-order valence-corrected chi connectivity index (χ2v) is 16.5. The summed E-state index contributed by atoms with van der Waals surface area (Å²) in [6.45, 7) is 15.5. The Bertz CT molecular complexity index is 1390. The van der Waals surface area contributed by atoms with Crippen LogP contribution in [0.5, 0.6) is 0 Å². The average Bonchev–Trinajstić information content (AvgIpc) is 3.65. The first-order chi connectivity index (χ1) is 26.4. The van der Waals surface area contributed by atoms with Gasteiger partial charge in [-0.1, -0.05) is 92.6 Å². The minimum absolute atomic E-state index is 0. The molecule has 0 saturated carbocycles.